The van der Waals surface area contributed by atoms with E-state index in [9.17, 15) is 13.2 Å². The maximum atomic E-state index is 11.8. The molecule has 1 fully saturated rings. The highest BCUT2D eigenvalue weighted by Crippen LogP contribution is 2.45. The molecule has 1 heterocycles. The second kappa shape index (κ2) is 6.49. The molecule has 132 valence electrons. The van der Waals surface area contributed by atoms with Crippen molar-refractivity contribution in [1.29, 1.82) is 0 Å². The van der Waals surface area contributed by atoms with Crippen molar-refractivity contribution in [3.8, 4) is 5.69 Å². The Morgan fingerprint density at radius 3 is 2.80 bits per heavy atom. The molecular weight excluding hydrogens is 366 g/mol. The summed E-state index contributed by atoms with van der Waals surface area (Å²) < 4.78 is 25.2. The minimum atomic E-state index is -3.38. The number of hydrogen-bond acceptors (Lipinski definition) is 5. The summed E-state index contributed by atoms with van der Waals surface area (Å²) in [5, 5.41) is 6.95. The predicted molar refractivity (Wildman–Crippen MR) is 94.1 cm³/mol. The normalized spacial score (nSPS) is 15.2. The molecule has 0 atom stereocenters. The second-order valence-electron chi connectivity index (χ2n) is 5.75. The molecule has 10 heteroatoms. The van der Waals surface area contributed by atoms with Crippen LogP contribution in [0.5, 0.6) is 0 Å². The molecule has 1 aromatic carbocycles. The number of guanidine groups is 1. The Bertz CT molecular complexity index is 964. The number of nitrogens with zero attached hydrogens (tertiary/aromatic N) is 3. The van der Waals surface area contributed by atoms with E-state index in [-0.39, 0.29) is 16.8 Å². The third kappa shape index (κ3) is 3.67. The van der Waals surface area contributed by atoms with E-state index < -0.39 is 9.84 Å². The van der Waals surface area contributed by atoms with Crippen molar-refractivity contribution in [3.05, 3.63) is 35.1 Å². The van der Waals surface area contributed by atoms with Gasteiger partial charge in [0, 0.05) is 12.2 Å². The van der Waals surface area contributed by atoms with Crippen LogP contribution in [-0.2, 0) is 14.6 Å². The zero-order chi connectivity index (χ0) is 18.2. The lowest BCUT2D eigenvalue weighted by Crippen LogP contribution is -2.29. The molecule has 0 saturated heterocycles. The van der Waals surface area contributed by atoms with E-state index in [1.165, 1.54) is 24.4 Å². The fourth-order valence-electron chi connectivity index (χ4n) is 2.47. The molecule has 0 radical (unpaired) electrons. The molecule has 1 saturated carbocycles. The highest BCUT2D eigenvalue weighted by molar-refractivity contribution is 7.90. The average molecular weight is 382 g/mol. The largest absolute Gasteiger partial charge is 0.369 e. The summed E-state index contributed by atoms with van der Waals surface area (Å²) in [5.41, 5.74) is 7.37. The number of benzene rings is 1. The number of amides is 1. The summed E-state index contributed by atoms with van der Waals surface area (Å²) in [6, 6.07) is 4.46. The molecule has 1 aromatic heterocycles. The maximum absolute atomic E-state index is 11.8. The van der Waals surface area contributed by atoms with Gasteiger partial charge in [-0.25, -0.2) is 18.1 Å². The lowest BCUT2D eigenvalue weighted by Gasteiger charge is -2.11. The molecule has 25 heavy (non-hydrogen) atoms. The quantitative estimate of drug-likeness (QED) is 0.462. The number of carbonyl (C=O) groups is 1. The Balaban J connectivity index is 2.14. The molecule has 2 aromatic rings. The number of carbonyl (C=O) groups excluding carboxylic acids is 1. The first kappa shape index (κ1) is 17.4. The number of halogens is 1. The van der Waals surface area contributed by atoms with Crippen molar-refractivity contribution in [2.45, 2.75) is 23.7 Å². The van der Waals surface area contributed by atoms with Crippen LogP contribution in [0, 0.1) is 0 Å². The Morgan fingerprint density at radius 1 is 1.48 bits per heavy atom. The minimum absolute atomic E-state index is 0.0487. The van der Waals surface area contributed by atoms with Gasteiger partial charge in [0.05, 0.1) is 27.5 Å². The molecule has 0 spiro atoms. The van der Waals surface area contributed by atoms with E-state index in [2.05, 4.69) is 15.4 Å². The first-order valence-corrected chi connectivity index (χ1v) is 9.70. The van der Waals surface area contributed by atoms with Crippen LogP contribution in [0.15, 0.2) is 34.3 Å². The summed E-state index contributed by atoms with van der Waals surface area (Å²) in [6.07, 6.45) is 4.99. The highest BCUT2D eigenvalue weighted by atomic mass is 35.5. The summed E-state index contributed by atoms with van der Waals surface area (Å²) in [4.78, 5) is 14.8. The van der Waals surface area contributed by atoms with Gasteiger partial charge in [-0.15, -0.1) is 0 Å². The first-order chi connectivity index (χ1) is 11.8. The van der Waals surface area contributed by atoms with E-state index in [1.807, 2.05) is 0 Å². The van der Waals surface area contributed by atoms with Crippen molar-refractivity contribution in [1.82, 2.24) is 15.1 Å². The number of aromatic nitrogens is 2. The molecule has 1 aliphatic rings. The number of aliphatic imine (C=N–C) groups is 1. The van der Waals surface area contributed by atoms with Gasteiger partial charge in [0.15, 0.2) is 15.8 Å². The molecule has 8 nitrogen and oxygen atoms in total. The predicted octanol–water partition coefficient (Wildman–Crippen LogP) is 1.50. The SMILES string of the molecule is CS(=O)(=O)c1ccc(Cl)c(-n2ncc(N=C(N)NC=O)c2C2CC2)c1. The lowest BCUT2D eigenvalue weighted by atomic mass is 10.2. The Labute approximate surface area is 149 Å². The van der Waals surface area contributed by atoms with Gasteiger partial charge in [0.2, 0.25) is 6.41 Å². The van der Waals surface area contributed by atoms with Gasteiger partial charge < -0.3 is 5.73 Å². The van der Waals surface area contributed by atoms with Gasteiger partial charge in [0.1, 0.15) is 5.69 Å². The minimum Gasteiger partial charge on any atom is -0.369 e. The first-order valence-electron chi connectivity index (χ1n) is 7.43. The van der Waals surface area contributed by atoms with Crippen molar-refractivity contribution in [2.24, 2.45) is 10.7 Å². The average Bonchev–Trinajstić information content (AvgIpc) is 3.28. The number of hydrogen-bond donors (Lipinski definition) is 2. The van der Waals surface area contributed by atoms with Gasteiger partial charge in [0.25, 0.3) is 0 Å². The van der Waals surface area contributed by atoms with Crippen molar-refractivity contribution >= 4 is 39.5 Å². The van der Waals surface area contributed by atoms with Gasteiger partial charge >= 0.3 is 0 Å². The van der Waals surface area contributed by atoms with Crippen LogP contribution < -0.4 is 11.1 Å². The molecule has 3 rings (SSSR count). The fourth-order valence-corrected chi connectivity index (χ4v) is 3.31. The van der Waals surface area contributed by atoms with Crippen molar-refractivity contribution in [2.75, 3.05) is 6.26 Å². The zero-order valence-electron chi connectivity index (χ0n) is 13.3. The molecule has 0 unspecified atom stereocenters. The van der Waals surface area contributed by atoms with Crippen LogP contribution in [0.2, 0.25) is 5.02 Å². The van der Waals surface area contributed by atoms with E-state index in [0.717, 1.165) is 24.8 Å². The monoisotopic (exact) mass is 381 g/mol. The van der Waals surface area contributed by atoms with E-state index in [0.29, 0.717) is 22.8 Å². The molecule has 0 aliphatic heterocycles. The molecule has 0 bridgehead atoms. The molecule has 1 amide bonds. The van der Waals surface area contributed by atoms with Crippen LogP contribution >= 0.6 is 11.6 Å². The van der Waals surface area contributed by atoms with Crippen LogP contribution in [-0.4, -0.2) is 36.8 Å². The van der Waals surface area contributed by atoms with Crippen molar-refractivity contribution < 1.29 is 13.2 Å². The number of nitrogens with two attached hydrogens (primary N) is 1. The number of nitrogens with one attached hydrogen (secondary N) is 1. The van der Waals surface area contributed by atoms with Crippen molar-refractivity contribution in [3.63, 3.8) is 0 Å². The Hall–Kier alpha value is -2.39. The summed E-state index contributed by atoms with van der Waals surface area (Å²) in [6.45, 7) is 0. The molecular formula is C15H16ClN5O3S. The Kier molecular flexibility index (Phi) is 4.53. The summed E-state index contributed by atoms with van der Waals surface area (Å²) >= 11 is 6.27. The highest BCUT2D eigenvalue weighted by Gasteiger charge is 2.31. The number of rotatable bonds is 5. The second-order valence-corrected chi connectivity index (χ2v) is 8.17. The van der Waals surface area contributed by atoms with Crippen LogP contribution in [0.1, 0.15) is 24.5 Å². The molecule has 3 N–H and O–H groups in total. The molecule has 1 aliphatic carbocycles. The van der Waals surface area contributed by atoms with Crippen LogP contribution in [0.25, 0.3) is 5.69 Å². The van der Waals surface area contributed by atoms with Gasteiger partial charge in [-0.2, -0.15) is 5.10 Å². The third-order valence-corrected chi connectivity index (χ3v) is 5.20. The van der Waals surface area contributed by atoms with Gasteiger partial charge in [-0.3, -0.25) is 10.1 Å². The fraction of sp³-hybridized carbons (Fsp3) is 0.267. The Morgan fingerprint density at radius 2 is 2.20 bits per heavy atom. The van der Waals surface area contributed by atoms with Gasteiger partial charge in [-0.05, 0) is 31.0 Å². The zero-order valence-corrected chi connectivity index (χ0v) is 14.9. The lowest BCUT2D eigenvalue weighted by molar-refractivity contribution is -0.108. The standard InChI is InChI=1S/C15H16ClN5O3S/c1-25(23,24)10-4-5-11(16)13(6-10)21-14(9-2-3-9)12(7-19-21)20-15(17)18-8-22/h4-9H,2-3H2,1H3,(H3,17,18,20,22). The maximum Gasteiger partial charge on any atom is 0.213 e. The van der Waals surface area contributed by atoms with Crippen LogP contribution in [0.3, 0.4) is 0 Å². The summed E-state index contributed by atoms with van der Waals surface area (Å²) in [7, 11) is -3.38. The topological polar surface area (TPSA) is 119 Å². The number of sulfone groups is 1. The van der Waals surface area contributed by atoms with Crippen LogP contribution in [0.4, 0.5) is 5.69 Å². The van der Waals surface area contributed by atoms with E-state index >= 15 is 0 Å². The van der Waals surface area contributed by atoms with Gasteiger partial charge in [-0.1, -0.05) is 11.6 Å². The van der Waals surface area contributed by atoms with E-state index in [1.54, 1.807) is 4.68 Å². The third-order valence-electron chi connectivity index (χ3n) is 3.77. The van der Waals surface area contributed by atoms with E-state index in [4.69, 9.17) is 17.3 Å². The summed E-state index contributed by atoms with van der Waals surface area (Å²) in [5.74, 6) is 0.177. The smallest absolute Gasteiger partial charge is 0.213 e.